The lowest BCUT2D eigenvalue weighted by Crippen LogP contribution is -2.12. The molecular weight excluding hydrogens is 272 g/mol. The Hall–Kier alpha value is -2.00. The maximum absolute atomic E-state index is 6.00. The molecule has 0 atom stereocenters. The summed E-state index contributed by atoms with van der Waals surface area (Å²) in [5, 5.41) is 4.10. The Balaban J connectivity index is 1.90. The van der Waals surface area contributed by atoms with E-state index in [4.69, 9.17) is 16.0 Å². The molecule has 1 aliphatic rings. The highest BCUT2D eigenvalue weighted by Crippen LogP contribution is 2.34. The second-order valence-electron chi connectivity index (χ2n) is 4.99. The van der Waals surface area contributed by atoms with E-state index in [1.165, 1.54) is 11.3 Å². The Morgan fingerprint density at radius 1 is 1.20 bits per heavy atom. The lowest BCUT2D eigenvalue weighted by atomic mass is 9.97. The molecule has 2 aromatic carbocycles. The summed E-state index contributed by atoms with van der Waals surface area (Å²) in [7, 11) is 0. The molecule has 1 aliphatic heterocycles. The summed E-state index contributed by atoms with van der Waals surface area (Å²) in [4.78, 5) is 4.57. The van der Waals surface area contributed by atoms with E-state index >= 15 is 0 Å². The van der Waals surface area contributed by atoms with Gasteiger partial charge in [0, 0.05) is 22.8 Å². The SMILES string of the molecule is Clc1ccc2oc(-c3cccc4c3CCCN4)nc2c1. The van der Waals surface area contributed by atoms with Crippen LogP contribution in [0, 0.1) is 0 Å². The number of hydrogen-bond donors (Lipinski definition) is 1. The van der Waals surface area contributed by atoms with Gasteiger partial charge in [0.25, 0.3) is 0 Å². The highest BCUT2D eigenvalue weighted by atomic mass is 35.5. The second kappa shape index (κ2) is 4.53. The van der Waals surface area contributed by atoms with Gasteiger partial charge < -0.3 is 9.73 Å². The van der Waals surface area contributed by atoms with E-state index in [0.717, 1.165) is 36.0 Å². The van der Waals surface area contributed by atoms with E-state index in [0.29, 0.717) is 10.9 Å². The standard InChI is InChI=1S/C16H13ClN2O/c17-10-6-7-15-14(9-10)19-16(20-15)12-3-1-5-13-11(12)4-2-8-18-13/h1,3,5-7,9,18H,2,4,8H2. The predicted octanol–water partition coefficient (Wildman–Crippen LogP) is 4.51. The van der Waals surface area contributed by atoms with Crippen LogP contribution in [0.1, 0.15) is 12.0 Å². The quantitative estimate of drug-likeness (QED) is 0.714. The van der Waals surface area contributed by atoms with Crippen molar-refractivity contribution in [3.05, 3.63) is 47.0 Å². The third-order valence-corrected chi connectivity index (χ3v) is 3.91. The van der Waals surface area contributed by atoms with Crippen LogP contribution in [0.2, 0.25) is 5.02 Å². The molecule has 100 valence electrons. The number of benzene rings is 2. The zero-order valence-electron chi connectivity index (χ0n) is 10.8. The lowest BCUT2D eigenvalue weighted by Gasteiger charge is -2.19. The molecule has 0 unspecified atom stereocenters. The molecule has 0 aliphatic carbocycles. The summed E-state index contributed by atoms with van der Waals surface area (Å²) in [5.41, 5.74) is 5.12. The molecule has 0 radical (unpaired) electrons. The maximum atomic E-state index is 6.00. The van der Waals surface area contributed by atoms with E-state index < -0.39 is 0 Å². The topological polar surface area (TPSA) is 38.1 Å². The third-order valence-electron chi connectivity index (χ3n) is 3.68. The van der Waals surface area contributed by atoms with Gasteiger partial charge in [-0.2, -0.15) is 0 Å². The number of aromatic nitrogens is 1. The summed E-state index contributed by atoms with van der Waals surface area (Å²) in [6.07, 6.45) is 2.19. The fourth-order valence-electron chi connectivity index (χ4n) is 2.73. The summed E-state index contributed by atoms with van der Waals surface area (Å²) in [6.45, 7) is 1.03. The molecule has 3 aromatic rings. The largest absolute Gasteiger partial charge is 0.436 e. The number of oxazole rings is 1. The van der Waals surface area contributed by atoms with Gasteiger partial charge in [-0.1, -0.05) is 17.7 Å². The van der Waals surface area contributed by atoms with Crippen LogP contribution >= 0.6 is 11.6 Å². The Labute approximate surface area is 121 Å². The first kappa shape index (κ1) is 11.8. The third kappa shape index (κ3) is 1.86. The summed E-state index contributed by atoms with van der Waals surface area (Å²) in [6, 6.07) is 11.7. The number of hydrogen-bond acceptors (Lipinski definition) is 3. The number of nitrogens with zero attached hydrogens (tertiary/aromatic N) is 1. The molecule has 4 heteroatoms. The normalized spacial score (nSPS) is 14.1. The van der Waals surface area contributed by atoms with E-state index in [9.17, 15) is 0 Å². The van der Waals surface area contributed by atoms with E-state index in [1.54, 1.807) is 0 Å². The van der Waals surface area contributed by atoms with Crippen LogP contribution < -0.4 is 5.32 Å². The Kier molecular flexibility index (Phi) is 2.67. The van der Waals surface area contributed by atoms with Crippen LogP contribution in [0.25, 0.3) is 22.6 Å². The minimum atomic E-state index is 0.669. The van der Waals surface area contributed by atoms with Gasteiger partial charge in [0.1, 0.15) is 5.52 Å². The van der Waals surface area contributed by atoms with Crippen molar-refractivity contribution in [2.45, 2.75) is 12.8 Å². The molecule has 1 aromatic heterocycles. The van der Waals surface area contributed by atoms with E-state index in [1.807, 2.05) is 24.3 Å². The number of halogens is 1. The van der Waals surface area contributed by atoms with Gasteiger partial charge in [-0.05, 0) is 48.7 Å². The van der Waals surface area contributed by atoms with Gasteiger partial charge in [-0.15, -0.1) is 0 Å². The minimum Gasteiger partial charge on any atom is -0.436 e. The van der Waals surface area contributed by atoms with Gasteiger partial charge in [-0.25, -0.2) is 4.98 Å². The van der Waals surface area contributed by atoms with Gasteiger partial charge in [0.05, 0.1) is 0 Å². The number of anilines is 1. The van der Waals surface area contributed by atoms with Crippen LogP contribution in [-0.2, 0) is 6.42 Å². The molecular formula is C16H13ClN2O. The molecule has 0 saturated heterocycles. The number of rotatable bonds is 1. The molecule has 0 bridgehead atoms. The Morgan fingerprint density at radius 3 is 3.10 bits per heavy atom. The highest BCUT2D eigenvalue weighted by Gasteiger charge is 2.17. The average molecular weight is 285 g/mol. The van der Waals surface area contributed by atoms with E-state index in [-0.39, 0.29) is 0 Å². The zero-order valence-corrected chi connectivity index (χ0v) is 11.6. The first-order valence-electron chi connectivity index (χ1n) is 6.73. The highest BCUT2D eigenvalue weighted by molar-refractivity contribution is 6.31. The number of fused-ring (bicyclic) bond motifs is 2. The van der Waals surface area contributed by atoms with Crippen LogP contribution in [0.3, 0.4) is 0 Å². The molecule has 0 amide bonds. The summed E-state index contributed by atoms with van der Waals surface area (Å²) < 4.78 is 5.88. The summed E-state index contributed by atoms with van der Waals surface area (Å²) in [5.74, 6) is 0.669. The van der Waals surface area contributed by atoms with E-state index in [2.05, 4.69) is 22.4 Å². The van der Waals surface area contributed by atoms with Gasteiger partial charge in [0.15, 0.2) is 5.58 Å². The zero-order chi connectivity index (χ0) is 13.5. The smallest absolute Gasteiger partial charge is 0.227 e. The van der Waals surface area contributed by atoms with Crippen molar-refractivity contribution in [1.82, 2.24) is 4.98 Å². The summed E-state index contributed by atoms with van der Waals surface area (Å²) >= 11 is 6.00. The van der Waals surface area contributed by atoms with Crippen LogP contribution in [0.4, 0.5) is 5.69 Å². The molecule has 3 nitrogen and oxygen atoms in total. The first-order chi connectivity index (χ1) is 9.81. The van der Waals surface area contributed by atoms with Crippen molar-refractivity contribution in [2.24, 2.45) is 0 Å². The van der Waals surface area contributed by atoms with Crippen LogP contribution in [-0.4, -0.2) is 11.5 Å². The van der Waals surface area contributed by atoms with Crippen molar-refractivity contribution in [1.29, 1.82) is 0 Å². The van der Waals surface area contributed by atoms with Gasteiger partial charge >= 0.3 is 0 Å². The van der Waals surface area contributed by atoms with Crippen LogP contribution in [0.15, 0.2) is 40.8 Å². The fourth-order valence-corrected chi connectivity index (χ4v) is 2.89. The average Bonchev–Trinajstić information content (AvgIpc) is 2.89. The molecule has 1 N–H and O–H groups in total. The molecule has 0 fully saturated rings. The minimum absolute atomic E-state index is 0.669. The molecule has 0 spiro atoms. The fraction of sp³-hybridized carbons (Fsp3) is 0.188. The molecule has 20 heavy (non-hydrogen) atoms. The van der Waals surface area contributed by atoms with Crippen LogP contribution in [0.5, 0.6) is 0 Å². The number of nitrogens with one attached hydrogen (secondary N) is 1. The Morgan fingerprint density at radius 2 is 2.15 bits per heavy atom. The second-order valence-corrected chi connectivity index (χ2v) is 5.43. The van der Waals surface area contributed by atoms with Crippen molar-refractivity contribution in [3.63, 3.8) is 0 Å². The van der Waals surface area contributed by atoms with Crippen molar-refractivity contribution < 1.29 is 4.42 Å². The predicted molar refractivity (Wildman–Crippen MR) is 81.3 cm³/mol. The van der Waals surface area contributed by atoms with Gasteiger partial charge in [-0.3, -0.25) is 0 Å². The molecule has 4 rings (SSSR count). The Bertz CT molecular complexity index is 794. The lowest BCUT2D eigenvalue weighted by molar-refractivity contribution is 0.618. The molecule has 0 saturated carbocycles. The first-order valence-corrected chi connectivity index (χ1v) is 7.11. The van der Waals surface area contributed by atoms with Crippen molar-refractivity contribution in [2.75, 3.05) is 11.9 Å². The van der Waals surface area contributed by atoms with Crippen molar-refractivity contribution in [3.8, 4) is 11.5 Å². The monoisotopic (exact) mass is 284 g/mol. The van der Waals surface area contributed by atoms with Gasteiger partial charge in [0.2, 0.25) is 5.89 Å². The molecule has 2 heterocycles. The van der Waals surface area contributed by atoms with Crippen molar-refractivity contribution >= 4 is 28.4 Å². The maximum Gasteiger partial charge on any atom is 0.227 e.